The van der Waals surface area contributed by atoms with E-state index in [9.17, 15) is 14.7 Å². The molecule has 0 aliphatic carbocycles. The van der Waals surface area contributed by atoms with Gasteiger partial charge < -0.3 is 15.3 Å². The number of aryl methyl sites for hydroxylation is 1. The molecule has 2 heterocycles. The van der Waals surface area contributed by atoms with E-state index < -0.39 is 0 Å². The van der Waals surface area contributed by atoms with Gasteiger partial charge in [-0.05, 0) is 38.0 Å². The van der Waals surface area contributed by atoms with Crippen LogP contribution in [-0.4, -0.2) is 51.1 Å². The van der Waals surface area contributed by atoms with E-state index in [0.717, 1.165) is 19.3 Å². The van der Waals surface area contributed by atoms with E-state index in [4.69, 9.17) is 0 Å². The molecule has 0 bridgehead atoms. The number of H-pyrrole nitrogens is 1. The second kappa shape index (κ2) is 8.56. The van der Waals surface area contributed by atoms with Gasteiger partial charge >= 0.3 is 0 Å². The van der Waals surface area contributed by atoms with Crippen LogP contribution in [0.5, 0.6) is 5.75 Å². The summed E-state index contributed by atoms with van der Waals surface area (Å²) >= 11 is 0. The van der Waals surface area contributed by atoms with Crippen molar-refractivity contribution in [2.24, 2.45) is 17.8 Å². The monoisotopic (exact) mass is 364 g/mol. The first-order valence-corrected chi connectivity index (χ1v) is 9.55. The van der Waals surface area contributed by atoms with Gasteiger partial charge in [-0.1, -0.05) is 27.7 Å². The smallest absolute Gasteiger partial charge is 0.276 e. The van der Waals surface area contributed by atoms with Crippen molar-refractivity contribution < 1.29 is 14.7 Å². The number of aromatic amines is 1. The zero-order valence-electron chi connectivity index (χ0n) is 16.5. The molecule has 2 amide bonds. The Morgan fingerprint density at radius 1 is 1.35 bits per heavy atom. The molecule has 7 heteroatoms. The van der Waals surface area contributed by atoms with Crippen molar-refractivity contribution in [1.29, 1.82) is 0 Å². The summed E-state index contributed by atoms with van der Waals surface area (Å²) in [7, 11) is 0. The predicted octanol–water partition coefficient (Wildman–Crippen LogP) is 2.46. The third-order valence-electron chi connectivity index (χ3n) is 5.15. The number of carbonyl (C=O) groups excluding carboxylic acids is 2. The van der Waals surface area contributed by atoms with Gasteiger partial charge in [0.2, 0.25) is 5.91 Å². The standard InChI is InChI=1S/C19H32N4O3/c1-11(2)9-15(12(3)4)18(25)20-10-14-7-6-8-23(14)19(26)16-17(24)13(5)21-22-16/h11-12,14-15,24H,6-10H2,1-5H3,(H,20,25)(H,21,22). The minimum absolute atomic E-state index is 0.0140. The van der Waals surface area contributed by atoms with Crippen LogP contribution in [-0.2, 0) is 4.79 Å². The zero-order chi connectivity index (χ0) is 19.4. The van der Waals surface area contributed by atoms with Crippen LogP contribution in [0.25, 0.3) is 0 Å². The summed E-state index contributed by atoms with van der Waals surface area (Å²) in [6, 6.07) is -0.0543. The fourth-order valence-electron chi connectivity index (χ4n) is 3.57. The molecule has 0 radical (unpaired) electrons. The van der Waals surface area contributed by atoms with Crippen molar-refractivity contribution >= 4 is 11.8 Å². The number of aromatic nitrogens is 2. The van der Waals surface area contributed by atoms with Crippen LogP contribution in [0.1, 0.15) is 63.1 Å². The van der Waals surface area contributed by atoms with Gasteiger partial charge in [0.05, 0.1) is 0 Å². The van der Waals surface area contributed by atoms with E-state index in [-0.39, 0.29) is 41.1 Å². The molecule has 146 valence electrons. The highest BCUT2D eigenvalue weighted by molar-refractivity contribution is 5.95. The van der Waals surface area contributed by atoms with E-state index >= 15 is 0 Å². The van der Waals surface area contributed by atoms with Gasteiger partial charge in [0, 0.05) is 25.0 Å². The average molecular weight is 364 g/mol. The van der Waals surface area contributed by atoms with Gasteiger partial charge in [-0.3, -0.25) is 14.7 Å². The van der Waals surface area contributed by atoms with Crippen molar-refractivity contribution in [2.75, 3.05) is 13.1 Å². The van der Waals surface area contributed by atoms with E-state index in [1.807, 2.05) is 0 Å². The molecule has 0 saturated carbocycles. The van der Waals surface area contributed by atoms with Crippen molar-refractivity contribution in [1.82, 2.24) is 20.4 Å². The molecule has 1 aromatic heterocycles. The van der Waals surface area contributed by atoms with Crippen LogP contribution in [0.3, 0.4) is 0 Å². The van der Waals surface area contributed by atoms with Crippen molar-refractivity contribution in [2.45, 2.75) is 59.9 Å². The second-order valence-corrected chi connectivity index (χ2v) is 8.05. The number of hydrogen-bond acceptors (Lipinski definition) is 4. The third-order valence-corrected chi connectivity index (χ3v) is 5.15. The van der Waals surface area contributed by atoms with Crippen LogP contribution in [0.2, 0.25) is 0 Å². The Labute approximate surface area is 155 Å². The van der Waals surface area contributed by atoms with Crippen molar-refractivity contribution in [3.05, 3.63) is 11.4 Å². The Hall–Kier alpha value is -2.05. The molecule has 0 spiro atoms. The highest BCUT2D eigenvalue weighted by Crippen LogP contribution is 2.25. The lowest BCUT2D eigenvalue weighted by Gasteiger charge is -2.27. The highest BCUT2D eigenvalue weighted by atomic mass is 16.3. The fraction of sp³-hybridized carbons (Fsp3) is 0.737. The van der Waals surface area contributed by atoms with Gasteiger partial charge in [0.1, 0.15) is 5.69 Å². The molecule has 7 nitrogen and oxygen atoms in total. The molecule has 3 N–H and O–H groups in total. The van der Waals surface area contributed by atoms with Crippen molar-refractivity contribution in [3.8, 4) is 5.75 Å². The zero-order valence-corrected chi connectivity index (χ0v) is 16.5. The van der Waals surface area contributed by atoms with Crippen LogP contribution in [0.15, 0.2) is 0 Å². The molecule has 2 rings (SSSR count). The molecular formula is C19H32N4O3. The Balaban J connectivity index is 1.99. The predicted molar refractivity (Wildman–Crippen MR) is 99.8 cm³/mol. The summed E-state index contributed by atoms with van der Waals surface area (Å²) < 4.78 is 0. The number of amides is 2. The number of nitrogens with one attached hydrogen (secondary N) is 2. The number of nitrogens with zero attached hydrogens (tertiary/aromatic N) is 2. The lowest BCUT2D eigenvalue weighted by Crippen LogP contribution is -2.45. The molecule has 1 aliphatic rings. The first kappa shape index (κ1) is 20.3. The minimum atomic E-state index is -0.262. The summed E-state index contributed by atoms with van der Waals surface area (Å²) in [5.74, 6) is 0.435. The van der Waals surface area contributed by atoms with Crippen LogP contribution >= 0.6 is 0 Å². The first-order chi connectivity index (χ1) is 12.2. The van der Waals surface area contributed by atoms with Gasteiger partial charge in [-0.15, -0.1) is 0 Å². The van der Waals surface area contributed by atoms with Gasteiger partial charge in [0.15, 0.2) is 11.4 Å². The lowest BCUT2D eigenvalue weighted by molar-refractivity contribution is -0.127. The molecule has 26 heavy (non-hydrogen) atoms. The summed E-state index contributed by atoms with van der Waals surface area (Å²) in [4.78, 5) is 27.0. The minimum Gasteiger partial charge on any atom is -0.504 e. The number of aromatic hydroxyl groups is 1. The highest BCUT2D eigenvalue weighted by Gasteiger charge is 2.33. The molecule has 0 aromatic carbocycles. The normalized spacial score (nSPS) is 18.6. The summed E-state index contributed by atoms with van der Waals surface area (Å²) in [5.41, 5.74) is 0.534. The number of hydrogen-bond donors (Lipinski definition) is 3. The Morgan fingerprint density at radius 3 is 2.58 bits per heavy atom. The number of likely N-dealkylation sites (tertiary alicyclic amines) is 1. The second-order valence-electron chi connectivity index (χ2n) is 8.05. The summed E-state index contributed by atoms with van der Waals surface area (Å²) in [6.07, 6.45) is 2.59. The largest absolute Gasteiger partial charge is 0.504 e. The van der Waals surface area contributed by atoms with Crippen LogP contribution in [0, 0.1) is 24.7 Å². The van der Waals surface area contributed by atoms with Gasteiger partial charge in [0.25, 0.3) is 5.91 Å². The maximum Gasteiger partial charge on any atom is 0.276 e. The molecule has 1 fully saturated rings. The number of carbonyl (C=O) groups is 2. The lowest BCUT2D eigenvalue weighted by atomic mass is 9.87. The maximum absolute atomic E-state index is 12.7. The Kier molecular flexibility index (Phi) is 6.67. The van der Waals surface area contributed by atoms with E-state index in [1.165, 1.54) is 0 Å². The summed E-state index contributed by atoms with van der Waals surface area (Å²) in [6.45, 7) is 11.1. The molecule has 2 unspecified atom stereocenters. The molecule has 2 atom stereocenters. The third kappa shape index (κ3) is 4.56. The Morgan fingerprint density at radius 2 is 2.04 bits per heavy atom. The van der Waals surface area contributed by atoms with E-state index in [0.29, 0.717) is 24.7 Å². The topological polar surface area (TPSA) is 98.3 Å². The summed E-state index contributed by atoms with van der Waals surface area (Å²) in [5, 5.41) is 19.5. The fourth-order valence-corrected chi connectivity index (χ4v) is 3.57. The van der Waals surface area contributed by atoms with Crippen molar-refractivity contribution in [3.63, 3.8) is 0 Å². The molecule has 1 aliphatic heterocycles. The molecular weight excluding hydrogens is 332 g/mol. The molecule has 1 aromatic rings. The van der Waals surface area contributed by atoms with Gasteiger partial charge in [-0.25, -0.2) is 0 Å². The average Bonchev–Trinajstić information content (AvgIpc) is 3.17. The van der Waals surface area contributed by atoms with Gasteiger partial charge in [-0.2, -0.15) is 5.10 Å². The van der Waals surface area contributed by atoms with E-state index in [2.05, 4.69) is 43.2 Å². The SMILES string of the molecule is Cc1n[nH]c(C(=O)N2CCCC2CNC(=O)C(CC(C)C)C(C)C)c1O. The van der Waals surface area contributed by atoms with Crippen LogP contribution in [0.4, 0.5) is 0 Å². The van der Waals surface area contributed by atoms with E-state index in [1.54, 1.807) is 11.8 Å². The number of rotatable bonds is 7. The quantitative estimate of drug-likeness (QED) is 0.692. The first-order valence-electron chi connectivity index (χ1n) is 9.55. The molecule has 1 saturated heterocycles. The van der Waals surface area contributed by atoms with Crippen LogP contribution < -0.4 is 5.32 Å². The Bertz CT molecular complexity index is 639. The maximum atomic E-state index is 12.7.